The third-order valence-electron chi connectivity index (χ3n) is 4.44. The molecule has 1 aliphatic rings. The lowest BCUT2D eigenvalue weighted by Crippen LogP contribution is -2.24. The zero-order valence-corrected chi connectivity index (χ0v) is 17.5. The number of likely N-dealkylation sites (N-methyl/N-ethyl adjacent to an activating group) is 1. The van der Waals surface area contributed by atoms with E-state index in [1.165, 1.54) is 5.57 Å². The molecule has 0 saturated carbocycles. The quantitative estimate of drug-likeness (QED) is 0.406. The molecular formula is C21H31N7O2. The minimum Gasteiger partial charge on any atom is -0.382 e. The van der Waals surface area contributed by atoms with Crippen molar-refractivity contribution in [3.8, 4) is 11.5 Å². The molecule has 0 atom stereocenters. The molecule has 0 bridgehead atoms. The van der Waals surface area contributed by atoms with Gasteiger partial charge in [0, 0.05) is 13.1 Å². The second-order valence-electron chi connectivity index (χ2n) is 6.76. The maximum absolute atomic E-state index is 7.12. The van der Waals surface area contributed by atoms with Crippen LogP contribution in [0.2, 0.25) is 0 Å². The predicted octanol–water partition coefficient (Wildman–Crippen LogP) is 1.60. The lowest BCUT2D eigenvalue weighted by Gasteiger charge is -2.21. The Labute approximate surface area is 176 Å². The Kier molecular flexibility index (Phi) is 9.36. The van der Waals surface area contributed by atoms with Gasteiger partial charge >= 0.3 is 0 Å². The number of aromatic nitrogens is 4. The van der Waals surface area contributed by atoms with Crippen LogP contribution in [0.5, 0.6) is 0 Å². The number of hydrogen-bond donors (Lipinski definition) is 5. The van der Waals surface area contributed by atoms with Gasteiger partial charge in [0.15, 0.2) is 11.6 Å². The van der Waals surface area contributed by atoms with Crippen molar-refractivity contribution in [1.29, 1.82) is 0 Å². The van der Waals surface area contributed by atoms with Crippen molar-refractivity contribution in [2.24, 2.45) is 5.73 Å². The number of benzene rings is 1. The normalized spacial score (nSPS) is 13.7. The average molecular weight is 414 g/mol. The van der Waals surface area contributed by atoms with E-state index in [1.807, 2.05) is 24.3 Å². The number of nitrogens with one attached hydrogen (secondary N) is 1. The van der Waals surface area contributed by atoms with Crippen molar-refractivity contribution in [1.82, 2.24) is 24.8 Å². The molecule has 30 heavy (non-hydrogen) atoms. The summed E-state index contributed by atoms with van der Waals surface area (Å²) in [5.74, 6) is 1.05. The van der Waals surface area contributed by atoms with E-state index in [0.29, 0.717) is 17.3 Å². The number of aliphatic hydroxyl groups excluding tert-OH is 1. The third kappa shape index (κ3) is 6.33. The molecule has 0 aliphatic carbocycles. The first-order valence-electron chi connectivity index (χ1n) is 9.91. The van der Waals surface area contributed by atoms with Crippen molar-refractivity contribution >= 4 is 22.4 Å². The number of rotatable bonds is 3. The van der Waals surface area contributed by atoms with Gasteiger partial charge in [-0.15, -0.1) is 0 Å². The minimum atomic E-state index is -0.750. The van der Waals surface area contributed by atoms with Crippen LogP contribution >= 0.6 is 0 Å². The van der Waals surface area contributed by atoms with Gasteiger partial charge in [0.05, 0.1) is 22.9 Å². The van der Waals surface area contributed by atoms with E-state index in [9.17, 15) is 0 Å². The first-order chi connectivity index (χ1) is 14.5. The molecule has 0 spiro atoms. The number of aliphatic hydroxyl groups is 2. The molecule has 0 fully saturated rings. The van der Waals surface area contributed by atoms with E-state index in [-0.39, 0.29) is 0 Å². The van der Waals surface area contributed by atoms with Gasteiger partial charge in [-0.05, 0) is 44.1 Å². The largest absolute Gasteiger partial charge is 0.382 e. The monoisotopic (exact) mass is 413 g/mol. The molecule has 0 amide bonds. The Balaban J connectivity index is 0.000000403. The Hall–Kier alpha value is -2.85. The van der Waals surface area contributed by atoms with Crippen molar-refractivity contribution in [3.63, 3.8) is 0 Å². The fourth-order valence-corrected chi connectivity index (χ4v) is 2.80. The summed E-state index contributed by atoms with van der Waals surface area (Å²) in [7, 11) is 2.11. The molecule has 3 heterocycles. The fourth-order valence-electron chi connectivity index (χ4n) is 2.80. The molecular weight excluding hydrogens is 382 g/mol. The van der Waals surface area contributed by atoms with Crippen LogP contribution < -0.4 is 11.5 Å². The molecule has 7 N–H and O–H groups in total. The molecule has 0 unspecified atom stereocenters. The summed E-state index contributed by atoms with van der Waals surface area (Å²) < 4.78 is 0. The second-order valence-corrected chi connectivity index (χ2v) is 6.76. The smallest absolute Gasteiger partial charge is 0.161 e. The number of imidazole rings is 1. The predicted molar refractivity (Wildman–Crippen MR) is 120 cm³/mol. The van der Waals surface area contributed by atoms with E-state index in [0.717, 1.165) is 49.2 Å². The zero-order valence-electron chi connectivity index (χ0n) is 17.5. The molecule has 162 valence electrons. The zero-order chi connectivity index (χ0) is 21.9. The van der Waals surface area contributed by atoms with Crippen LogP contribution in [-0.4, -0.2) is 68.5 Å². The molecule has 4 rings (SSSR count). The highest BCUT2D eigenvalue weighted by molar-refractivity contribution is 5.80. The number of nitrogens with zero attached hydrogens (tertiary/aromatic N) is 4. The van der Waals surface area contributed by atoms with Crippen LogP contribution in [0.4, 0.5) is 5.82 Å². The second kappa shape index (κ2) is 12.0. The van der Waals surface area contributed by atoms with Crippen LogP contribution in [0.1, 0.15) is 25.5 Å². The van der Waals surface area contributed by atoms with Crippen molar-refractivity contribution in [2.75, 3.05) is 39.2 Å². The maximum atomic E-state index is 7.12. The molecule has 9 heteroatoms. The highest BCUT2D eigenvalue weighted by Crippen LogP contribution is 2.26. The van der Waals surface area contributed by atoms with Gasteiger partial charge in [-0.1, -0.05) is 25.1 Å². The van der Waals surface area contributed by atoms with E-state index < -0.39 is 6.79 Å². The lowest BCUT2D eigenvalue weighted by atomic mass is 10.1. The van der Waals surface area contributed by atoms with Crippen LogP contribution in [0, 0.1) is 0 Å². The number of anilines is 1. The molecule has 1 aromatic carbocycles. The van der Waals surface area contributed by atoms with Gasteiger partial charge in [-0.3, -0.25) is 0 Å². The first kappa shape index (κ1) is 23.4. The molecule has 2 aromatic heterocycles. The summed E-state index contributed by atoms with van der Waals surface area (Å²) in [4.78, 5) is 19.2. The van der Waals surface area contributed by atoms with Gasteiger partial charge in [-0.25, -0.2) is 15.0 Å². The van der Waals surface area contributed by atoms with Gasteiger partial charge < -0.3 is 31.6 Å². The fraction of sp³-hybridized carbons (Fsp3) is 0.381. The summed E-state index contributed by atoms with van der Waals surface area (Å²) in [5, 5.41) is 14.2. The van der Waals surface area contributed by atoms with Crippen LogP contribution in [-0.2, 0) is 0 Å². The maximum Gasteiger partial charge on any atom is 0.161 e. The van der Waals surface area contributed by atoms with E-state index >= 15 is 0 Å². The Bertz CT molecular complexity index is 920. The molecule has 9 nitrogen and oxygen atoms in total. The molecule has 0 saturated heterocycles. The van der Waals surface area contributed by atoms with Gasteiger partial charge in [0.1, 0.15) is 12.5 Å². The molecule has 1 aliphatic heterocycles. The minimum absolute atomic E-state index is 0.390. The Morgan fingerprint density at radius 2 is 1.90 bits per heavy atom. The van der Waals surface area contributed by atoms with Crippen LogP contribution in [0.25, 0.3) is 28.1 Å². The van der Waals surface area contributed by atoms with Crippen molar-refractivity contribution in [2.45, 2.75) is 19.8 Å². The van der Waals surface area contributed by atoms with Gasteiger partial charge in [0.2, 0.25) is 0 Å². The highest BCUT2D eigenvalue weighted by atomic mass is 16.5. The number of para-hydroxylation sites is 2. The lowest BCUT2D eigenvalue weighted by molar-refractivity contribution is 0.0773. The summed E-state index contributed by atoms with van der Waals surface area (Å²) in [5.41, 5.74) is 15.6. The number of nitrogens with two attached hydrogens (primary N) is 2. The number of H-pyrrole nitrogens is 1. The Morgan fingerprint density at radius 3 is 2.50 bits per heavy atom. The first-order valence-corrected chi connectivity index (χ1v) is 9.91. The van der Waals surface area contributed by atoms with E-state index in [2.05, 4.69) is 39.9 Å². The number of hydrogen-bond acceptors (Lipinski definition) is 8. The average Bonchev–Trinajstić information content (AvgIpc) is 3.19. The summed E-state index contributed by atoms with van der Waals surface area (Å²) in [6.45, 7) is 4.08. The van der Waals surface area contributed by atoms with Gasteiger partial charge in [-0.2, -0.15) is 0 Å². The van der Waals surface area contributed by atoms with Crippen molar-refractivity contribution < 1.29 is 10.2 Å². The number of fused-ring (bicyclic) bond motifs is 1. The molecule has 0 radical (unpaired) electrons. The summed E-state index contributed by atoms with van der Waals surface area (Å²) in [6, 6.07) is 7.88. The van der Waals surface area contributed by atoms with Crippen LogP contribution in [0.15, 0.2) is 36.5 Å². The van der Waals surface area contributed by atoms with E-state index in [1.54, 1.807) is 6.20 Å². The Morgan fingerprint density at radius 1 is 1.20 bits per heavy atom. The van der Waals surface area contributed by atoms with Gasteiger partial charge in [0.25, 0.3) is 0 Å². The van der Waals surface area contributed by atoms with Crippen molar-refractivity contribution in [3.05, 3.63) is 42.2 Å². The molecule has 3 aromatic rings. The third-order valence-corrected chi connectivity index (χ3v) is 4.44. The number of aromatic amines is 1. The topological polar surface area (TPSA) is 150 Å². The summed E-state index contributed by atoms with van der Waals surface area (Å²) in [6.07, 6.45) is 6.01. The SMILES string of the molecule is CCCN.CN1CC=C(c2cnc(N)c(-c3nc4ccccc4[nH]3)n2)CC1.OCO. The summed E-state index contributed by atoms with van der Waals surface area (Å²) >= 11 is 0. The highest BCUT2D eigenvalue weighted by Gasteiger charge is 2.16. The number of nitrogen functional groups attached to an aromatic ring is 1. The van der Waals surface area contributed by atoms with E-state index in [4.69, 9.17) is 26.7 Å². The van der Waals surface area contributed by atoms with Crippen LogP contribution in [0.3, 0.4) is 0 Å². The standard InChI is InChI=1S/C17H18N6.C3H9N.CH4O2/c1-23-8-6-11(7-9-23)14-10-19-16(18)15(20-14)17-21-12-4-2-3-5-13(12)22-17;1-2-3-4;2-1-3/h2-6,10H,7-9H2,1H3,(H2,18,19)(H,21,22);2-4H2,1H3;2-3H,1H2.